The molecule has 54 valence electrons. The van der Waals surface area contributed by atoms with E-state index < -0.39 is 11.7 Å². The van der Waals surface area contributed by atoms with Crippen molar-refractivity contribution >= 4 is 5.91 Å². The molecule has 0 atom stereocenters. The van der Waals surface area contributed by atoms with Gasteiger partial charge in [-0.1, -0.05) is 0 Å². The van der Waals surface area contributed by atoms with Gasteiger partial charge in [-0.25, -0.2) is 4.73 Å². The molecule has 0 saturated heterocycles. The summed E-state index contributed by atoms with van der Waals surface area (Å²) in [6.45, 7) is 0. The van der Waals surface area contributed by atoms with Crippen LogP contribution < -0.4 is 10.5 Å². The van der Waals surface area contributed by atoms with Crippen molar-refractivity contribution in [2.75, 3.05) is 0 Å². The molecule has 10 heavy (non-hydrogen) atoms. The third-order valence-corrected chi connectivity index (χ3v) is 0.989. The van der Waals surface area contributed by atoms with Crippen molar-refractivity contribution in [1.82, 2.24) is 4.73 Å². The minimum atomic E-state index is -0.970. The topological polar surface area (TPSA) is 95.2 Å². The highest BCUT2D eigenvalue weighted by atomic mass is 16.5. The summed E-state index contributed by atoms with van der Waals surface area (Å²) in [6, 6.07) is 0. The zero-order chi connectivity index (χ0) is 7.72. The van der Waals surface area contributed by atoms with Crippen molar-refractivity contribution in [1.29, 1.82) is 0 Å². The molecule has 1 heterocycles. The molecule has 0 saturated carbocycles. The monoisotopic (exact) mass is 143 g/mol. The Bertz CT molecular complexity index is 247. The first-order valence-electron chi connectivity index (χ1n) is 2.42. The lowest BCUT2D eigenvalue weighted by atomic mass is 10.6. The average Bonchev–Trinajstić information content (AvgIpc) is 2.11. The predicted octanol–water partition coefficient (Wildman–Crippen LogP) is -1.54. The second kappa shape index (κ2) is 1.90. The van der Waals surface area contributed by atoms with Crippen LogP contribution in [0.25, 0.3) is 0 Å². The smallest absolute Gasteiger partial charge is 0.389 e. The molecule has 1 aromatic heterocycles. The number of hydrogen-bond acceptors (Lipinski definition) is 3. The zero-order valence-electron chi connectivity index (χ0n) is 4.89. The van der Waals surface area contributed by atoms with Crippen LogP contribution in [0, 0.1) is 5.21 Å². The number of nitrogens with two attached hydrogens (primary N) is 1. The fraction of sp³-hybridized carbons (Fsp3) is 0. The minimum Gasteiger partial charge on any atom is -0.710 e. The van der Waals surface area contributed by atoms with E-state index in [-0.39, 0.29) is 4.73 Å². The Labute approximate surface area is 55.6 Å². The molecular weight excluding hydrogens is 138 g/mol. The molecule has 0 bridgehead atoms. The Hall–Kier alpha value is -1.72. The Kier molecular flexibility index (Phi) is 1.22. The molecule has 3 N–H and O–H groups in total. The molecule has 6 nitrogen and oxygen atoms in total. The maximum Gasteiger partial charge on any atom is 0.389 e. The highest BCUT2D eigenvalue weighted by Crippen LogP contribution is 1.87. The molecule has 1 aromatic rings. The Morgan fingerprint density at radius 2 is 2.50 bits per heavy atom. The molecule has 1 rings (SSSR count). The number of carbonyl (C=O) groups is 1. The lowest BCUT2D eigenvalue weighted by molar-refractivity contribution is -0.608. The van der Waals surface area contributed by atoms with Crippen LogP contribution in [0.4, 0.5) is 0 Å². The number of hydrogen-bond donors (Lipinski definition) is 2. The maximum atomic E-state index is 10.5. The highest BCUT2D eigenvalue weighted by Gasteiger charge is 2.18. The zero-order valence-corrected chi connectivity index (χ0v) is 4.89. The molecule has 0 fully saturated rings. The van der Waals surface area contributed by atoms with Gasteiger partial charge >= 0.3 is 11.7 Å². The van der Waals surface area contributed by atoms with Crippen molar-refractivity contribution in [2.45, 2.75) is 0 Å². The Morgan fingerprint density at radius 3 is 2.70 bits per heavy atom. The average molecular weight is 143 g/mol. The van der Waals surface area contributed by atoms with E-state index in [1.54, 1.807) is 0 Å². The predicted molar refractivity (Wildman–Crippen MR) is 29.1 cm³/mol. The number of nitrogens with zero attached hydrogens (tertiary/aromatic N) is 2. The number of aromatic nitrogens is 2. The largest absolute Gasteiger partial charge is 0.710 e. The van der Waals surface area contributed by atoms with Crippen molar-refractivity contribution in [2.24, 2.45) is 5.73 Å². The summed E-state index contributed by atoms with van der Waals surface area (Å²) in [7, 11) is 0. The van der Waals surface area contributed by atoms with Crippen LogP contribution in [0.1, 0.15) is 10.6 Å². The van der Waals surface area contributed by atoms with E-state index in [0.717, 1.165) is 12.4 Å². The number of carbonyl (C=O) groups excluding carboxylic acids is 1. The molecule has 0 aliphatic rings. The van der Waals surface area contributed by atoms with E-state index in [2.05, 4.69) is 0 Å². The Morgan fingerprint density at radius 1 is 1.90 bits per heavy atom. The van der Waals surface area contributed by atoms with E-state index in [4.69, 9.17) is 10.9 Å². The summed E-state index contributed by atoms with van der Waals surface area (Å²) in [5.74, 6) is -1.47. The van der Waals surface area contributed by atoms with Gasteiger partial charge in [-0.05, 0) is 4.73 Å². The van der Waals surface area contributed by atoms with Crippen LogP contribution in [-0.4, -0.2) is 15.8 Å². The van der Waals surface area contributed by atoms with Crippen LogP contribution in [0.15, 0.2) is 12.4 Å². The Balaban J connectivity index is 3.23. The van der Waals surface area contributed by atoms with Crippen LogP contribution >= 0.6 is 0 Å². The number of primary amides is 1. The van der Waals surface area contributed by atoms with Crippen molar-refractivity contribution in [3.05, 3.63) is 23.4 Å². The van der Waals surface area contributed by atoms with Crippen molar-refractivity contribution in [3.8, 4) is 0 Å². The summed E-state index contributed by atoms with van der Waals surface area (Å²) in [5, 5.41) is 19.2. The van der Waals surface area contributed by atoms with Gasteiger partial charge < -0.3 is 16.1 Å². The lowest BCUT2D eigenvalue weighted by Crippen LogP contribution is -2.36. The standard InChI is InChI=1S/C4H5N3O3/c5-3(8)4-6(9)1-2-7(4)10/h1-2,9H,(H2,5,8). The van der Waals surface area contributed by atoms with Gasteiger partial charge in [0.05, 0.1) is 0 Å². The highest BCUT2D eigenvalue weighted by molar-refractivity contribution is 5.87. The normalized spacial score (nSPS) is 9.60. The summed E-state index contributed by atoms with van der Waals surface area (Å²) in [4.78, 5) is 10.3. The summed E-state index contributed by atoms with van der Waals surface area (Å²) in [5.41, 5.74) is 4.72. The molecule has 6 heteroatoms. The summed E-state index contributed by atoms with van der Waals surface area (Å²) < 4.78 is 0.553. The SMILES string of the molecule is NC(=O)c1n(O)cc[n+]1[O-]. The number of rotatable bonds is 1. The van der Waals surface area contributed by atoms with Crippen molar-refractivity contribution in [3.63, 3.8) is 0 Å². The summed E-state index contributed by atoms with van der Waals surface area (Å²) in [6.07, 6.45) is 1.99. The van der Waals surface area contributed by atoms with E-state index in [9.17, 15) is 10.0 Å². The first-order chi connectivity index (χ1) is 4.63. The van der Waals surface area contributed by atoms with E-state index in [0.29, 0.717) is 4.73 Å². The van der Waals surface area contributed by atoms with Crippen LogP contribution in [-0.2, 0) is 0 Å². The lowest BCUT2D eigenvalue weighted by Gasteiger charge is -1.96. The maximum absolute atomic E-state index is 10.5. The van der Waals surface area contributed by atoms with Crippen molar-refractivity contribution < 1.29 is 14.7 Å². The van der Waals surface area contributed by atoms with E-state index in [1.807, 2.05) is 0 Å². The van der Waals surface area contributed by atoms with Gasteiger partial charge in [-0.3, -0.25) is 4.79 Å². The van der Waals surface area contributed by atoms with Gasteiger partial charge in [0.2, 0.25) is 0 Å². The molecule has 0 spiro atoms. The fourth-order valence-corrected chi connectivity index (χ4v) is 0.587. The van der Waals surface area contributed by atoms with Gasteiger partial charge in [-0.15, -0.1) is 0 Å². The van der Waals surface area contributed by atoms with E-state index in [1.165, 1.54) is 0 Å². The van der Waals surface area contributed by atoms with Crippen LogP contribution in [0.3, 0.4) is 0 Å². The van der Waals surface area contributed by atoms with Crippen LogP contribution in [0.5, 0.6) is 0 Å². The van der Waals surface area contributed by atoms with Crippen LogP contribution in [0.2, 0.25) is 0 Å². The molecule has 0 unspecified atom stereocenters. The number of amides is 1. The van der Waals surface area contributed by atoms with E-state index >= 15 is 0 Å². The van der Waals surface area contributed by atoms with Gasteiger partial charge in [0.15, 0.2) is 6.20 Å². The summed E-state index contributed by atoms with van der Waals surface area (Å²) >= 11 is 0. The van der Waals surface area contributed by atoms with Gasteiger partial charge in [0.25, 0.3) is 0 Å². The van der Waals surface area contributed by atoms with Gasteiger partial charge in [0, 0.05) is 0 Å². The molecule has 0 aliphatic heterocycles. The molecular formula is C4H5N3O3. The second-order valence-corrected chi connectivity index (χ2v) is 1.66. The van der Waals surface area contributed by atoms with Gasteiger partial charge in [0.1, 0.15) is 6.20 Å². The number of imidazole rings is 1. The molecule has 0 radical (unpaired) electrons. The molecule has 1 amide bonds. The van der Waals surface area contributed by atoms with Gasteiger partial charge in [-0.2, -0.15) is 0 Å². The first-order valence-corrected chi connectivity index (χ1v) is 2.42. The molecule has 0 aliphatic carbocycles. The third-order valence-electron chi connectivity index (χ3n) is 0.989. The minimum absolute atomic E-state index is 0.183. The molecule has 0 aromatic carbocycles. The third kappa shape index (κ3) is 0.750. The first kappa shape index (κ1) is 6.40. The second-order valence-electron chi connectivity index (χ2n) is 1.66. The quantitative estimate of drug-likeness (QED) is 0.283. The fourth-order valence-electron chi connectivity index (χ4n) is 0.587.